The van der Waals surface area contributed by atoms with Crippen LogP contribution in [0.3, 0.4) is 0 Å². The molecule has 26 heavy (non-hydrogen) atoms. The summed E-state index contributed by atoms with van der Waals surface area (Å²) < 4.78 is 10.4. The normalized spacial score (nSPS) is 12.2. The molecule has 0 saturated heterocycles. The highest BCUT2D eigenvalue weighted by Gasteiger charge is 2.17. The smallest absolute Gasteiger partial charge is 0.293 e. The number of nitrogens with zero attached hydrogens (tertiary/aromatic N) is 3. The van der Waals surface area contributed by atoms with E-state index in [1.807, 2.05) is 0 Å². The molecule has 3 rings (SSSR count). The van der Waals surface area contributed by atoms with Crippen molar-refractivity contribution in [3.63, 3.8) is 0 Å². The number of nitro groups is 1. The zero-order valence-corrected chi connectivity index (χ0v) is 14.1. The second-order valence-corrected chi connectivity index (χ2v) is 5.67. The van der Waals surface area contributed by atoms with E-state index in [-0.39, 0.29) is 12.5 Å². The van der Waals surface area contributed by atoms with Crippen molar-refractivity contribution in [2.45, 2.75) is 0 Å². The van der Waals surface area contributed by atoms with Crippen molar-refractivity contribution in [1.82, 2.24) is 5.43 Å². The molecule has 2 aromatic rings. The molecule has 1 N–H and O–H groups in total. The van der Waals surface area contributed by atoms with E-state index in [9.17, 15) is 14.9 Å². The maximum atomic E-state index is 12.1. The van der Waals surface area contributed by atoms with Crippen molar-refractivity contribution in [2.75, 3.05) is 25.8 Å². The summed E-state index contributed by atoms with van der Waals surface area (Å²) in [6.45, 7) is 0.125. The maximum Gasteiger partial charge on any atom is 0.293 e. The van der Waals surface area contributed by atoms with Crippen LogP contribution in [0.5, 0.6) is 11.5 Å². The van der Waals surface area contributed by atoms with Crippen LogP contribution in [-0.4, -0.2) is 37.9 Å². The van der Waals surface area contributed by atoms with Crippen molar-refractivity contribution in [2.24, 2.45) is 5.10 Å². The Morgan fingerprint density at radius 3 is 2.73 bits per heavy atom. The molecule has 0 bridgehead atoms. The Bertz CT molecular complexity index is 895. The number of hydrogen-bond acceptors (Lipinski definition) is 7. The zero-order valence-electron chi connectivity index (χ0n) is 14.1. The van der Waals surface area contributed by atoms with E-state index >= 15 is 0 Å². The Morgan fingerprint density at radius 2 is 2.00 bits per heavy atom. The molecule has 9 nitrogen and oxygen atoms in total. The van der Waals surface area contributed by atoms with Gasteiger partial charge in [-0.3, -0.25) is 14.9 Å². The van der Waals surface area contributed by atoms with E-state index in [2.05, 4.69) is 10.5 Å². The van der Waals surface area contributed by atoms with E-state index in [0.717, 1.165) is 0 Å². The number of ether oxygens (including phenoxy) is 2. The molecule has 2 aromatic carbocycles. The molecule has 1 aliphatic heterocycles. The van der Waals surface area contributed by atoms with Crippen LogP contribution in [0.2, 0.25) is 0 Å². The lowest BCUT2D eigenvalue weighted by atomic mass is 10.2. The Kier molecular flexibility index (Phi) is 4.70. The third-order valence-electron chi connectivity index (χ3n) is 3.69. The average Bonchev–Trinajstić information content (AvgIpc) is 3.09. The minimum atomic E-state index is -0.460. The van der Waals surface area contributed by atoms with Crippen molar-refractivity contribution >= 4 is 23.5 Å². The summed E-state index contributed by atoms with van der Waals surface area (Å²) in [5, 5.41) is 15.0. The predicted octanol–water partition coefficient (Wildman–Crippen LogP) is 2.15. The molecule has 0 aliphatic carbocycles. The number of nitro benzene ring substituents is 1. The number of nitrogens with one attached hydrogen (secondary N) is 1. The molecule has 1 heterocycles. The van der Waals surface area contributed by atoms with Gasteiger partial charge in [-0.05, 0) is 24.3 Å². The number of amides is 1. The molecule has 0 atom stereocenters. The topological polar surface area (TPSA) is 106 Å². The highest BCUT2D eigenvalue weighted by atomic mass is 16.7. The van der Waals surface area contributed by atoms with Crippen LogP contribution in [0.15, 0.2) is 41.5 Å². The number of carbonyl (C=O) groups is 1. The van der Waals surface area contributed by atoms with Gasteiger partial charge in [0.2, 0.25) is 6.79 Å². The minimum Gasteiger partial charge on any atom is -0.454 e. The fourth-order valence-electron chi connectivity index (χ4n) is 2.41. The summed E-state index contributed by atoms with van der Waals surface area (Å²) in [5.74, 6) is 0.647. The highest BCUT2D eigenvalue weighted by molar-refractivity contribution is 5.95. The van der Waals surface area contributed by atoms with Crippen LogP contribution >= 0.6 is 0 Å². The number of fused-ring (bicyclic) bond motifs is 1. The van der Waals surface area contributed by atoms with Crippen molar-refractivity contribution in [3.05, 3.63) is 57.6 Å². The van der Waals surface area contributed by atoms with E-state index in [1.54, 1.807) is 49.3 Å². The number of anilines is 1. The van der Waals surface area contributed by atoms with Crippen molar-refractivity contribution < 1.29 is 19.2 Å². The summed E-state index contributed by atoms with van der Waals surface area (Å²) in [6, 6.07) is 9.49. The molecular formula is C17H16N4O5. The van der Waals surface area contributed by atoms with Crippen LogP contribution in [0.4, 0.5) is 11.4 Å². The number of hydrogen-bond donors (Lipinski definition) is 1. The molecule has 0 saturated carbocycles. The van der Waals surface area contributed by atoms with Crippen LogP contribution < -0.4 is 19.8 Å². The van der Waals surface area contributed by atoms with Crippen LogP contribution in [-0.2, 0) is 0 Å². The third-order valence-corrected chi connectivity index (χ3v) is 3.69. The largest absolute Gasteiger partial charge is 0.454 e. The first-order valence-electron chi connectivity index (χ1n) is 7.64. The Hall–Kier alpha value is -3.62. The molecule has 0 spiro atoms. The first-order valence-corrected chi connectivity index (χ1v) is 7.64. The monoisotopic (exact) mass is 356 g/mol. The molecule has 0 radical (unpaired) electrons. The van der Waals surface area contributed by atoms with Gasteiger partial charge in [-0.15, -0.1) is 0 Å². The summed E-state index contributed by atoms with van der Waals surface area (Å²) in [5.41, 5.74) is 3.68. The van der Waals surface area contributed by atoms with Gasteiger partial charge in [0.05, 0.1) is 11.1 Å². The minimum absolute atomic E-state index is 0.0407. The van der Waals surface area contributed by atoms with E-state index in [0.29, 0.717) is 28.3 Å². The fraction of sp³-hybridized carbons (Fsp3) is 0.176. The Morgan fingerprint density at radius 1 is 1.23 bits per heavy atom. The summed E-state index contributed by atoms with van der Waals surface area (Å²) in [7, 11) is 3.45. The van der Waals surface area contributed by atoms with Gasteiger partial charge in [-0.2, -0.15) is 5.10 Å². The number of benzene rings is 2. The molecule has 0 aromatic heterocycles. The van der Waals surface area contributed by atoms with Crippen LogP contribution in [0, 0.1) is 10.1 Å². The van der Waals surface area contributed by atoms with Gasteiger partial charge in [0.15, 0.2) is 11.5 Å². The van der Waals surface area contributed by atoms with Crippen molar-refractivity contribution in [3.8, 4) is 11.5 Å². The first kappa shape index (κ1) is 17.2. The van der Waals surface area contributed by atoms with E-state index < -0.39 is 10.8 Å². The first-order chi connectivity index (χ1) is 12.5. The molecule has 134 valence electrons. The zero-order chi connectivity index (χ0) is 18.7. The van der Waals surface area contributed by atoms with Crippen molar-refractivity contribution in [1.29, 1.82) is 0 Å². The highest BCUT2D eigenvalue weighted by Crippen LogP contribution is 2.32. The maximum absolute atomic E-state index is 12.1. The van der Waals surface area contributed by atoms with Gasteiger partial charge >= 0.3 is 0 Å². The second kappa shape index (κ2) is 7.09. The fourth-order valence-corrected chi connectivity index (χ4v) is 2.41. The third kappa shape index (κ3) is 3.56. The SMILES string of the molecule is CN(C)c1ccc(/C=N\NC(=O)c2ccc3c(c2)OCO3)cc1[N+](=O)[O-]. The Balaban J connectivity index is 1.71. The second-order valence-electron chi connectivity index (χ2n) is 5.67. The number of carbonyl (C=O) groups excluding carboxylic acids is 1. The molecule has 1 aliphatic rings. The quantitative estimate of drug-likeness (QED) is 0.500. The summed E-state index contributed by atoms with van der Waals surface area (Å²) in [4.78, 5) is 24.5. The van der Waals surface area contributed by atoms with Gasteiger partial charge < -0.3 is 14.4 Å². The lowest BCUT2D eigenvalue weighted by molar-refractivity contribution is -0.384. The summed E-state index contributed by atoms with van der Waals surface area (Å²) in [6.07, 6.45) is 1.34. The van der Waals surface area contributed by atoms with E-state index in [4.69, 9.17) is 9.47 Å². The molecule has 1 amide bonds. The number of rotatable bonds is 5. The molecule has 0 unspecified atom stereocenters. The van der Waals surface area contributed by atoms with E-state index in [1.165, 1.54) is 12.3 Å². The molecule has 9 heteroatoms. The van der Waals surface area contributed by atoms with Gasteiger partial charge in [-0.25, -0.2) is 5.43 Å². The number of hydrazone groups is 1. The molecular weight excluding hydrogens is 340 g/mol. The van der Waals surface area contributed by atoms with Gasteiger partial charge in [0.1, 0.15) is 5.69 Å². The van der Waals surface area contributed by atoms with Gasteiger partial charge in [0.25, 0.3) is 11.6 Å². The molecule has 0 fully saturated rings. The van der Waals surface area contributed by atoms with Crippen LogP contribution in [0.1, 0.15) is 15.9 Å². The summed E-state index contributed by atoms with van der Waals surface area (Å²) >= 11 is 0. The lowest BCUT2D eigenvalue weighted by Gasteiger charge is -2.12. The Labute approximate surface area is 149 Å². The predicted molar refractivity (Wildman–Crippen MR) is 95.0 cm³/mol. The van der Waals surface area contributed by atoms with Gasteiger partial charge in [0, 0.05) is 31.3 Å². The standard InChI is InChI=1S/C17H16N4O5/c1-20(2)13-5-3-11(7-14(13)21(23)24)9-18-19-17(22)12-4-6-15-16(8-12)26-10-25-15/h3-9H,10H2,1-2H3,(H,19,22)/b18-9-. The van der Waals surface area contributed by atoms with Gasteiger partial charge in [-0.1, -0.05) is 6.07 Å². The lowest BCUT2D eigenvalue weighted by Crippen LogP contribution is -2.17. The van der Waals surface area contributed by atoms with Crippen LogP contribution in [0.25, 0.3) is 0 Å². The average molecular weight is 356 g/mol.